The predicted molar refractivity (Wildman–Crippen MR) is 54.7 cm³/mol. The lowest BCUT2D eigenvalue weighted by molar-refractivity contribution is -0.140. The molecule has 0 saturated heterocycles. The molecule has 0 saturated carbocycles. The van der Waals surface area contributed by atoms with Crippen LogP contribution in [-0.4, -0.2) is 11.1 Å². The van der Waals surface area contributed by atoms with Gasteiger partial charge in [0.2, 0.25) is 0 Å². The molecular formula is C11H19NO2. The second-order valence-electron chi connectivity index (χ2n) is 3.84. The van der Waals surface area contributed by atoms with Gasteiger partial charge >= 0.3 is 5.97 Å². The topological polar surface area (TPSA) is 61.1 Å². The van der Waals surface area contributed by atoms with Crippen LogP contribution in [0.25, 0.3) is 0 Å². The van der Waals surface area contributed by atoms with Crippen LogP contribution in [0, 0.1) is 23.2 Å². The van der Waals surface area contributed by atoms with Crippen LogP contribution in [0.2, 0.25) is 0 Å². The first kappa shape index (κ1) is 13.0. The van der Waals surface area contributed by atoms with Crippen molar-refractivity contribution in [3.05, 3.63) is 0 Å². The largest absolute Gasteiger partial charge is 0.480 e. The monoisotopic (exact) mass is 197 g/mol. The maximum atomic E-state index is 10.5. The van der Waals surface area contributed by atoms with E-state index < -0.39 is 11.9 Å². The van der Waals surface area contributed by atoms with Gasteiger partial charge in [-0.05, 0) is 18.8 Å². The number of hydrogen-bond acceptors (Lipinski definition) is 2. The summed E-state index contributed by atoms with van der Waals surface area (Å²) in [6.45, 7) is 4.26. The molecule has 3 nitrogen and oxygen atoms in total. The zero-order chi connectivity index (χ0) is 11.0. The lowest BCUT2D eigenvalue weighted by atomic mass is 9.94. The molecule has 0 rings (SSSR count). The minimum atomic E-state index is -0.991. The summed E-state index contributed by atoms with van der Waals surface area (Å²) in [5.41, 5.74) is 0. The standard InChI is InChI=1S/C11H19NO2/c1-3-4-5-9(2)6-7-10(8-12)11(13)14/h9-10H,3-7H2,1-2H3,(H,13,14)/t9?,10-/m0/s1. The number of rotatable bonds is 7. The van der Waals surface area contributed by atoms with Gasteiger partial charge in [-0.3, -0.25) is 4.79 Å². The van der Waals surface area contributed by atoms with Gasteiger partial charge < -0.3 is 5.11 Å². The van der Waals surface area contributed by atoms with Crippen LogP contribution in [0.5, 0.6) is 0 Å². The number of nitriles is 1. The highest BCUT2D eigenvalue weighted by Gasteiger charge is 2.16. The molecule has 1 unspecified atom stereocenters. The first-order valence-corrected chi connectivity index (χ1v) is 5.24. The van der Waals surface area contributed by atoms with E-state index in [9.17, 15) is 4.79 Å². The Hall–Kier alpha value is -1.04. The minimum absolute atomic E-state index is 0.483. The zero-order valence-corrected chi connectivity index (χ0v) is 8.99. The Morgan fingerprint density at radius 3 is 2.50 bits per heavy atom. The Labute approximate surface area is 85.7 Å². The highest BCUT2D eigenvalue weighted by molar-refractivity contribution is 5.72. The van der Waals surface area contributed by atoms with E-state index in [1.165, 1.54) is 12.8 Å². The maximum absolute atomic E-state index is 10.5. The van der Waals surface area contributed by atoms with Crippen molar-refractivity contribution in [2.45, 2.75) is 46.0 Å². The van der Waals surface area contributed by atoms with E-state index in [1.807, 2.05) is 6.07 Å². The van der Waals surface area contributed by atoms with E-state index in [4.69, 9.17) is 10.4 Å². The lowest BCUT2D eigenvalue weighted by Crippen LogP contribution is -2.12. The third-order valence-corrected chi connectivity index (χ3v) is 2.45. The van der Waals surface area contributed by atoms with Gasteiger partial charge in [-0.2, -0.15) is 5.26 Å². The van der Waals surface area contributed by atoms with E-state index in [-0.39, 0.29) is 0 Å². The molecular weight excluding hydrogens is 178 g/mol. The molecule has 0 spiro atoms. The van der Waals surface area contributed by atoms with Gasteiger partial charge in [-0.1, -0.05) is 33.1 Å². The van der Waals surface area contributed by atoms with Crippen molar-refractivity contribution in [2.24, 2.45) is 11.8 Å². The highest BCUT2D eigenvalue weighted by atomic mass is 16.4. The second kappa shape index (κ2) is 7.37. The molecule has 0 aliphatic carbocycles. The first-order chi connectivity index (χ1) is 6.61. The Balaban J connectivity index is 3.70. The third kappa shape index (κ3) is 5.58. The average Bonchev–Trinajstić information content (AvgIpc) is 2.15. The fraction of sp³-hybridized carbons (Fsp3) is 0.818. The summed E-state index contributed by atoms with van der Waals surface area (Å²) in [5, 5.41) is 17.2. The predicted octanol–water partition coefficient (Wildman–Crippen LogP) is 2.82. The summed E-state index contributed by atoms with van der Waals surface area (Å²) in [6.07, 6.45) is 4.81. The summed E-state index contributed by atoms with van der Waals surface area (Å²) >= 11 is 0. The second-order valence-corrected chi connectivity index (χ2v) is 3.84. The Bertz CT molecular complexity index is 208. The molecule has 0 aliphatic heterocycles. The number of aliphatic carboxylic acids is 1. The molecule has 0 radical (unpaired) electrons. The molecule has 1 N–H and O–H groups in total. The van der Waals surface area contributed by atoms with Gasteiger partial charge in [0.05, 0.1) is 6.07 Å². The summed E-state index contributed by atoms with van der Waals surface area (Å²) in [7, 11) is 0. The van der Waals surface area contributed by atoms with Crippen molar-refractivity contribution in [1.82, 2.24) is 0 Å². The van der Waals surface area contributed by atoms with Crippen LogP contribution in [0.3, 0.4) is 0 Å². The minimum Gasteiger partial charge on any atom is -0.480 e. The summed E-state index contributed by atoms with van der Waals surface area (Å²) in [4.78, 5) is 10.5. The highest BCUT2D eigenvalue weighted by Crippen LogP contribution is 2.17. The van der Waals surface area contributed by atoms with Crippen molar-refractivity contribution < 1.29 is 9.90 Å². The third-order valence-electron chi connectivity index (χ3n) is 2.45. The fourth-order valence-electron chi connectivity index (χ4n) is 1.39. The zero-order valence-electron chi connectivity index (χ0n) is 8.99. The van der Waals surface area contributed by atoms with Crippen LogP contribution >= 0.6 is 0 Å². The molecule has 0 amide bonds. The molecule has 3 heteroatoms. The molecule has 0 aliphatic rings. The van der Waals surface area contributed by atoms with Crippen molar-refractivity contribution in [2.75, 3.05) is 0 Å². The fourth-order valence-corrected chi connectivity index (χ4v) is 1.39. The molecule has 80 valence electrons. The van der Waals surface area contributed by atoms with Crippen molar-refractivity contribution in [1.29, 1.82) is 5.26 Å². The summed E-state index contributed by atoms with van der Waals surface area (Å²) < 4.78 is 0. The van der Waals surface area contributed by atoms with E-state index in [0.29, 0.717) is 12.3 Å². The van der Waals surface area contributed by atoms with Crippen LogP contribution in [0.1, 0.15) is 46.0 Å². The maximum Gasteiger partial charge on any atom is 0.320 e. The van der Waals surface area contributed by atoms with Crippen LogP contribution in [-0.2, 0) is 4.79 Å². The van der Waals surface area contributed by atoms with Gasteiger partial charge in [-0.25, -0.2) is 0 Å². The lowest BCUT2D eigenvalue weighted by Gasteiger charge is -2.10. The first-order valence-electron chi connectivity index (χ1n) is 5.24. The number of carbonyl (C=O) groups is 1. The number of unbranched alkanes of at least 4 members (excludes halogenated alkanes) is 1. The summed E-state index contributed by atoms with van der Waals surface area (Å²) in [5.74, 6) is -1.28. The van der Waals surface area contributed by atoms with Crippen LogP contribution in [0.15, 0.2) is 0 Å². The number of carboxylic acid groups (broad SMARTS) is 1. The quantitative estimate of drug-likeness (QED) is 0.682. The Morgan fingerprint density at radius 1 is 1.43 bits per heavy atom. The molecule has 14 heavy (non-hydrogen) atoms. The van der Waals surface area contributed by atoms with Crippen LogP contribution < -0.4 is 0 Å². The van der Waals surface area contributed by atoms with Crippen molar-refractivity contribution in [3.63, 3.8) is 0 Å². The van der Waals surface area contributed by atoms with Gasteiger partial charge in [0.1, 0.15) is 5.92 Å². The number of nitrogens with zero attached hydrogens (tertiary/aromatic N) is 1. The van der Waals surface area contributed by atoms with E-state index in [2.05, 4.69) is 13.8 Å². The van der Waals surface area contributed by atoms with Gasteiger partial charge in [-0.15, -0.1) is 0 Å². The molecule has 0 aromatic rings. The Morgan fingerprint density at radius 2 is 2.07 bits per heavy atom. The molecule has 0 heterocycles. The van der Waals surface area contributed by atoms with Crippen molar-refractivity contribution in [3.8, 4) is 6.07 Å². The van der Waals surface area contributed by atoms with Crippen LogP contribution in [0.4, 0.5) is 0 Å². The number of hydrogen-bond donors (Lipinski definition) is 1. The SMILES string of the molecule is CCCCC(C)CC[C@@H](C#N)C(=O)O. The summed E-state index contributed by atoms with van der Waals surface area (Å²) in [6, 6.07) is 1.81. The Kier molecular flexibility index (Phi) is 6.82. The molecule has 2 atom stereocenters. The molecule has 0 aromatic carbocycles. The normalized spacial score (nSPS) is 14.4. The van der Waals surface area contributed by atoms with E-state index in [1.54, 1.807) is 0 Å². The van der Waals surface area contributed by atoms with Gasteiger partial charge in [0, 0.05) is 0 Å². The van der Waals surface area contributed by atoms with Crippen molar-refractivity contribution >= 4 is 5.97 Å². The van der Waals surface area contributed by atoms with Gasteiger partial charge in [0.25, 0.3) is 0 Å². The van der Waals surface area contributed by atoms with Gasteiger partial charge in [0.15, 0.2) is 0 Å². The molecule has 0 aromatic heterocycles. The van der Waals surface area contributed by atoms with E-state index >= 15 is 0 Å². The number of carboxylic acids is 1. The smallest absolute Gasteiger partial charge is 0.320 e. The molecule has 0 fully saturated rings. The average molecular weight is 197 g/mol. The molecule has 0 bridgehead atoms. The van der Waals surface area contributed by atoms with E-state index in [0.717, 1.165) is 12.8 Å².